The fraction of sp³-hybridized carbons (Fsp3) is 0.933. The van der Waals surface area contributed by atoms with Gasteiger partial charge in [-0.15, -0.1) is 0 Å². The van der Waals surface area contributed by atoms with Gasteiger partial charge in [-0.1, -0.05) is 58.3 Å². The molecular formula is C15H30O3. The van der Waals surface area contributed by atoms with E-state index in [9.17, 15) is 9.90 Å². The second kappa shape index (κ2) is 12.9. The van der Waals surface area contributed by atoms with Crippen LogP contribution in [0.2, 0.25) is 0 Å². The minimum Gasteiger partial charge on any atom is -0.481 e. The Hall–Kier alpha value is -0.570. The summed E-state index contributed by atoms with van der Waals surface area (Å²) in [6.45, 7) is 2.02. The smallest absolute Gasteiger partial charge is 0.303 e. The fourth-order valence-electron chi connectivity index (χ4n) is 2.10. The zero-order chi connectivity index (χ0) is 13.6. The Bertz CT molecular complexity index is 192. The van der Waals surface area contributed by atoms with E-state index < -0.39 is 5.97 Å². The van der Waals surface area contributed by atoms with Crippen LogP contribution in [0, 0.1) is 0 Å². The maximum atomic E-state index is 10.3. The topological polar surface area (TPSA) is 57.5 Å². The number of carboxylic acids is 1. The molecule has 0 aliphatic rings. The van der Waals surface area contributed by atoms with Crippen LogP contribution in [0.4, 0.5) is 0 Å². The third-order valence-corrected chi connectivity index (χ3v) is 3.40. The van der Waals surface area contributed by atoms with Crippen molar-refractivity contribution in [2.75, 3.05) is 0 Å². The van der Waals surface area contributed by atoms with Crippen LogP contribution in [0.5, 0.6) is 0 Å². The van der Waals surface area contributed by atoms with Gasteiger partial charge in [0.2, 0.25) is 0 Å². The highest BCUT2D eigenvalue weighted by molar-refractivity contribution is 5.66. The van der Waals surface area contributed by atoms with Gasteiger partial charge in [-0.05, 0) is 19.3 Å². The summed E-state index contributed by atoms with van der Waals surface area (Å²) in [7, 11) is 0. The summed E-state index contributed by atoms with van der Waals surface area (Å²) in [5.74, 6) is -0.677. The van der Waals surface area contributed by atoms with Crippen molar-refractivity contribution >= 4 is 5.97 Å². The number of aliphatic carboxylic acids is 1. The van der Waals surface area contributed by atoms with E-state index in [1.54, 1.807) is 0 Å². The SMILES string of the molecule is CCC(O)CCCCCCCCCCCC(=O)O. The first kappa shape index (κ1) is 17.4. The maximum absolute atomic E-state index is 10.3. The second-order valence-electron chi connectivity index (χ2n) is 5.18. The van der Waals surface area contributed by atoms with Crippen molar-refractivity contribution in [3.8, 4) is 0 Å². The molecule has 0 spiro atoms. The van der Waals surface area contributed by atoms with Gasteiger partial charge in [0.25, 0.3) is 0 Å². The van der Waals surface area contributed by atoms with Crippen LogP contribution in [0.25, 0.3) is 0 Å². The van der Waals surface area contributed by atoms with E-state index >= 15 is 0 Å². The first-order valence-corrected chi connectivity index (χ1v) is 7.56. The highest BCUT2D eigenvalue weighted by Crippen LogP contribution is 2.12. The average Bonchev–Trinajstić information content (AvgIpc) is 2.35. The molecule has 108 valence electrons. The molecule has 0 aromatic heterocycles. The number of aliphatic hydroxyl groups excluding tert-OH is 1. The highest BCUT2D eigenvalue weighted by atomic mass is 16.4. The quantitative estimate of drug-likeness (QED) is 0.488. The van der Waals surface area contributed by atoms with E-state index in [2.05, 4.69) is 0 Å². The largest absolute Gasteiger partial charge is 0.481 e. The maximum Gasteiger partial charge on any atom is 0.303 e. The minimum atomic E-state index is -0.677. The first-order chi connectivity index (χ1) is 8.66. The highest BCUT2D eigenvalue weighted by Gasteiger charge is 2.00. The van der Waals surface area contributed by atoms with Gasteiger partial charge < -0.3 is 10.2 Å². The predicted octanol–water partition coefficient (Wildman–Crippen LogP) is 4.13. The number of rotatable bonds is 13. The molecule has 0 bridgehead atoms. The number of unbranched alkanes of at least 4 members (excludes halogenated alkanes) is 8. The molecule has 0 aromatic rings. The second-order valence-corrected chi connectivity index (χ2v) is 5.18. The van der Waals surface area contributed by atoms with E-state index in [0.717, 1.165) is 32.1 Å². The normalized spacial score (nSPS) is 12.6. The fourth-order valence-corrected chi connectivity index (χ4v) is 2.10. The third-order valence-electron chi connectivity index (χ3n) is 3.40. The van der Waals surface area contributed by atoms with Gasteiger partial charge in [-0.2, -0.15) is 0 Å². The number of hydrogen-bond acceptors (Lipinski definition) is 2. The van der Waals surface area contributed by atoms with E-state index in [1.165, 1.54) is 38.5 Å². The van der Waals surface area contributed by atoms with E-state index in [-0.39, 0.29) is 6.10 Å². The molecule has 0 radical (unpaired) electrons. The summed E-state index contributed by atoms with van der Waals surface area (Å²) < 4.78 is 0. The molecule has 0 rings (SSSR count). The van der Waals surface area contributed by atoms with Crippen molar-refractivity contribution in [2.45, 2.75) is 90.1 Å². The number of aliphatic hydroxyl groups is 1. The Balaban J connectivity index is 3.01. The lowest BCUT2D eigenvalue weighted by Crippen LogP contribution is -2.03. The Morgan fingerprint density at radius 1 is 0.889 bits per heavy atom. The molecule has 3 nitrogen and oxygen atoms in total. The molecule has 0 saturated carbocycles. The van der Waals surface area contributed by atoms with Gasteiger partial charge in [0, 0.05) is 6.42 Å². The molecule has 1 unspecified atom stereocenters. The van der Waals surface area contributed by atoms with Crippen molar-refractivity contribution in [3.05, 3.63) is 0 Å². The molecule has 0 saturated heterocycles. The van der Waals surface area contributed by atoms with Crippen LogP contribution in [-0.2, 0) is 4.79 Å². The number of carbonyl (C=O) groups is 1. The van der Waals surface area contributed by atoms with E-state index in [1.807, 2.05) is 6.92 Å². The zero-order valence-electron chi connectivity index (χ0n) is 11.9. The lowest BCUT2D eigenvalue weighted by molar-refractivity contribution is -0.137. The monoisotopic (exact) mass is 258 g/mol. The predicted molar refractivity (Wildman–Crippen MR) is 74.7 cm³/mol. The van der Waals surface area contributed by atoms with Crippen LogP contribution >= 0.6 is 0 Å². The van der Waals surface area contributed by atoms with E-state index in [4.69, 9.17) is 5.11 Å². The Labute approximate surface area is 112 Å². The molecule has 2 N–H and O–H groups in total. The van der Waals surface area contributed by atoms with Gasteiger partial charge in [0.05, 0.1) is 6.10 Å². The van der Waals surface area contributed by atoms with Crippen molar-refractivity contribution in [2.24, 2.45) is 0 Å². The Morgan fingerprint density at radius 3 is 1.78 bits per heavy atom. The molecule has 18 heavy (non-hydrogen) atoms. The molecule has 0 fully saturated rings. The van der Waals surface area contributed by atoms with Crippen LogP contribution in [-0.4, -0.2) is 22.3 Å². The van der Waals surface area contributed by atoms with Crippen molar-refractivity contribution in [1.82, 2.24) is 0 Å². The van der Waals surface area contributed by atoms with Gasteiger partial charge in [-0.25, -0.2) is 0 Å². The summed E-state index contributed by atoms with van der Waals surface area (Å²) in [4.78, 5) is 10.3. The van der Waals surface area contributed by atoms with Crippen LogP contribution in [0.1, 0.15) is 84.0 Å². The van der Waals surface area contributed by atoms with Crippen molar-refractivity contribution in [1.29, 1.82) is 0 Å². The van der Waals surface area contributed by atoms with Gasteiger partial charge in [0.15, 0.2) is 0 Å². The third kappa shape index (κ3) is 13.5. The van der Waals surface area contributed by atoms with Gasteiger partial charge >= 0.3 is 5.97 Å². The standard InChI is InChI=1S/C15H30O3/c1-2-14(16)12-10-8-6-4-3-5-7-9-11-13-15(17)18/h14,16H,2-13H2,1H3,(H,17,18). The zero-order valence-corrected chi connectivity index (χ0v) is 11.9. The Morgan fingerprint density at radius 2 is 1.33 bits per heavy atom. The first-order valence-electron chi connectivity index (χ1n) is 7.56. The van der Waals surface area contributed by atoms with Crippen LogP contribution in [0.3, 0.4) is 0 Å². The van der Waals surface area contributed by atoms with E-state index in [0.29, 0.717) is 6.42 Å². The van der Waals surface area contributed by atoms with Crippen LogP contribution < -0.4 is 0 Å². The molecule has 1 atom stereocenters. The lowest BCUT2D eigenvalue weighted by atomic mass is 10.0. The molecule has 0 heterocycles. The van der Waals surface area contributed by atoms with Crippen LogP contribution in [0.15, 0.2) is 0 Å². The van der Waals surface area contributed by atoms with Crippen molar-refractivity contribution in [3.63, 3.8) is 0 Å². The summed E-state index contributed by atoms with van der Waals surface area (Å²) in [6, 6.07) is 0. The number of hydrogen-bond donors (Lipinski definition) is 2. The molecule has 3 heteroatoms. The van der Waals surface area contributed by atoms with Crippen molar-refractivity contribution < 1.29 is 15.0 Å². The Kier molecular flexibility index (Phi) is 12.5. The summed E-state index contributed by atoms with van der Waals surface area (Å²) >= 11 is 0. The average molecular weight is 258 g/mol. The summed E-state index contributed by atoms with van der Waals surface area (Å²) in [5.41, 5.74) is 0. The minimum absolute atomic E-state index is 0.0979. The molecular weight excluding hydrogens is 228 g/mol. The molecule has 0 amide bonds. The molecule has 0 aliphatic heterocycles. The lowest BCUT2D eigenvalue weighted by Gasteiger charge is -2.06. The van der Waals surface area contributed by atoms with Gasteiger partial charge in [0.1, 0.15) is 0 Å². The summed E-state index contributed by atoms with van der Waals surface area (Å²) in [5, 5.41) is 17.9. The molecule has 0 aromatic carbocycles. The molecule has 0 aliphatic carbocycles. The summed E-state index contributed by atoms with van der Waals surface area (Å²) in [6.07, 6.45) is 12.5. The number of carboxylic acid groups (broad SMARTS) is 1. The van der Waals surface area contributed by atoms with Gasteiger partial charge in [-0.3, -0.25) is 4.79 Å².